The lowest BCUT2D eigenvalue weighted by Crippen LogP contribution is -2.34. The predicted molar refractivity (Wildman–Crippen MR) is 142 cm³/mol. The van der Waals surface area contributed by atoms with E-state index in [0.717, 1.165) is 53.3 Å². The number of hydrogen-bond donors (Lipinski definition) is 1. The maximum Gasteiger partial charge on any atom is 0.264 e. The summed E-state index contributed by atoms with van der Waals surface area (Å²) in [6.07, 6.45) is 4.80. The highest BCUT2D eigenvalue weighted by atomic mass is 32.1. The van der Waals surface area contributed by atoms with Crippen molar-refractivity contribution in [2.75, 3.05) is 27.2 Å². The fourth-order valence-corrected chi connectivity index (χ4v) is 5.78. The standard InChI is InChI=1S/C28H28N4O3S/c1-31(2)19-11-13-32(16-19)28(34)25-15-23-26(36-25)24(10-12-29-23)35-20-8-9-21-17(14-20)4-3-5-22(21)27(33)30-18-6-7-18/h3-5,8-10,12,14-15,18-19H,6-7,11,13,16H2,1-2H3,(H,30,33)/t19-/m1/s1. The van der Waals surface area contributed by atoms with Crippen molar-refractivity contribution < 1.29 is 14.3 Å². The SMILES string of the molecule is CN(C)[C@@H]1CCN(C(=O)c2cc3nccc(Oc4ccc5c(C(=O)NC6CC6)cccc5c4)c3s2)C1. The molecule has 6 rings (SSSR count). The number of nitrogens with zero attached hydrogens (tertiary/aromatic N) is 3. The molecular formula is C28H28N4O3S. The number of likely N-dealkylation sites (tertiary alicyclic amines) is 1. The lowest BCUT2D eigenvalue weighted by Gasteiger charge is -2.19. The Morgan fingerprint density at radius 1 is 1.11 bits per heavy atom. The number of nitrogens with one attached hydrogen (secondary N) is 1. The van der Waals surface area contributed by atoms with Crippen molar-refractivity contribution in [3.05, 3.63) is 65.2 Å². The lowest BCUT2D eigenvalue weighted by atomic mass is 10.0. The van der Waals surface area contributed by atoms with Gasteiger partial charge in [0.15, 0.2) is 0 Å². The molecule has 0 bridgehead atoms. The Kier molecular flexibility index (Phi) is 5.85. The van der Waals surface area contributed by atoms with Crippen molar-refractivity contribution in [2.24, 2.45) is 0 Å². The molecule has 1 saturated carbocycles. The van der Waals surface area contributed by atoms with Crippen molar-refractivity contribution in [1.29, 1.82) is 0 Å². The number of rotatable bonds is 6. The van der Waals surface area contributed by atoms with Crippen LogP contribution in [-0.2, 0) is 0 Å². The number of carbonyl (C=O) groups is 2. The van der Waals surface area contributed by atoms with E-state index in [-0.39, 0.29) is 11.8 Å². The topological polar surface area (TPSA) is 74.8 Å². The predicted octanol–water partition coefficient (Wildman–Crippen LogP) is 4.91. The Labute approximate surface area is 213 Å². The van der Waals surface area contributed by atoms with Crippen LogP contribution >= 0.6 is 11.3 Å². The highest BCUT2D eigenvalue weighted by Crippen LogP contribution is 2.37. The molecule has 0 radical (unpaired) electrons. The summed E-state index contributed by atoms with van der Waals surface area (Å²) in [6.45, 7) is 1.51. The molecule has 7 nitrogen and oxygen atoms in total. The van der Waals surface area contributed by atoms with Gasteiger partial charge in [0.2, 0.25) is 0 Å². The molecule has 1 saturated heterocycles. The number of amides is 2. The molecule has 2 aliphatic rings. The number of pyridine rings is 1. The molecule has 184 valence electrons. The number of likely N-dealkylation sites (N-methyl/N-ethyl adjacent to an activating group) is 1. The van der Waals surface area contributed by atoms with Crippen molar-refractivity contribution in [3.63, 3.8) is 0 Å². The van der Waals surface area contributed by atoms with Crippen LogP contribution in [0.2, 0.25) is 0 Å². The van der Waals surface area contributed by atoms with E-state index in [1.807, 2.05) is 53.4 Å². The highest BCUT2D eigenvalue weighted by molar-refractivity contribution is 7.21. The number of carbonyl (C=O) groups excluding carboxylic acids is 2. The largest absolute Gasteiger partial charge is 0.456 e. The monoisotopic (exact) mass is 500 g/mol. The van der Waals surface area contributed by atoms with Gasteiger partial charge in [-0.25, -0.2) is 0 Å². The van der Waals surface area contributed by atoms with Crippen LogP contribution in [0.1, 0.15) is 39.3 Å². The molecule has 3 heterocycles. The van der Waals surface area contributed by atoms with Crippen molar-refractivity contribution >= 4 is 44.1 Å². The smallest absolute Gasteiger partial charge is 0.264 e. The first-order valence-corrected chi connectivity index (χ1v) is 13.1. The summed E-state index contributed by atoms with van der Waals surface area (Å²) in [6, 6.07) is 15.9. The number of benzene rings is 2. The Morgan fingerprint density at radius 3 is 2.75 bits per heavy atom. The molecule has 0 unspecified atom stereocenters. The number of fused-ring (bicyclic) bond motifs is 2. The Bertz CT molecular complexity index is 1480. The van der Waals surface area contributed by atoms with Crippen LogP contribution in [0.25, 0.3) is 21.0 Å². The zero-order valence-electron chi connectivity index (χ0n) is 20.4. The maximum absolute atomic E-state index is 13.2. The zero-order valence-corrected chi connectivity index (χ0v) is 21.2. The lowest BCUT2D eigenvalue weighted by molar-refractivity contribution is 0.0787. The first-order valence-electron chi connectivity index (χ1n) is 12.3. The number of ether oxygens (including phenoxy) is 1. The summed E-state index contributed by atoms with van der Waals surface area (Å²) in [5, 5.41) is 4.90. The van der Waals surface area contributed by atoms with E-state index < -0.39 is 0 Å². The Morgan fingerprint density at radius 2 is 1.97 bits per heavy atom. The first-order chi connectivity index (χ1) is 17.5. The third kappa shape index (κ3) is 4.42. The zero-order chi connectivity index (χ0) is 24.8. The average molecular weight is 501 g/mol. The number of aromatic nitrogens is 1. The fourth-order valence-electron chi connectivity index (χ4n) is 4.75. The van der Waals surface area contributed by atoms with E-state index in [4.69, 9.17) is 4.74 Å². The van der Waals surface area contributed by atoms with Gasteiger partial charge in [0.1, 0.15) is 11.5 Å². The van der Waals surface area contributed by atoms with E-state index in [2.05, 4.69) is 29.3 Å². The van der Waals surface area contributed by atoms with Gasteiger partial charge in [-0.2, -0.15) is 0 Å². The second kappa shape index (κ2) is 9.19. The minimum atomic E-state index is -0.0294. The van der Waals surface area contributed by atoms with Crippen LogP contribution in [0.3, 0.4) is 0 Å². The van der Waals surface area contributed by atoms with Gasteiger partial charge < -0.3 is 19.9 Å². The fraction of sp³-hybridized carbons (Fsp3) is 0.321. The molecule has 36 heavy (non-hydrogen) atoms. The third-order valence-electron chi connectivity index (χ3n) is 7.00. The quantitative estimate of drug-likeness (QED) is 0.407. The number of hydrogen-bond acceptors (Lipinski definition) is 6. The van der Waals surface area contributed by atoms with Crippen LogP contribution in [0.4, 0.5) is 0 Å². The molecule has 1 aliphatic carbocycles. The van der Waals surface area contributed by atoms with Crippen LogP contribution in [0.5, 0.6) is 11.5 Å². The summed E-state index contributed by atoms with van der Waals surface area (Å²) >= 11 is 1.42. The third-order valence-corrected chi connectivity index (χ3v) is 8.13. The average Bonchev–Trinajstić information content (AvgIpc) is 3.37. The molecule has 4 aromatic rings. The normalized spacial score (nSPS) is 17.8. The van der Waals surface area contributed by atoms with Crippen LogP contribution in [-0.4, -0.2) is 65.9 Å². The summed E-state index contributed by atoms with van der Waals surface area (Å²) < 4.78 is 7.13. The highest BCUT2D eigenvalue weighted by Gasteiger charge is 2.29. The second-order valence-electron chi connectivity index (χ2n) is 9.83. The van der Waals surface area contributed by atoms with E-state index in [9.17, 15) is 9.59 Å². The molecule has 8 heteroatoms. The van der Waals surface area contributed by atoms with E-state index >= 15 is 0 Å². The van der Waals surface area contributed by atoms with E-state index in [0.29, 0.717) is 34.0 Å². The van der Waals surface area contributed by atoms with Gasteiger partial charge in [-0.3, -0.25) is 14.6 Å². The van der Waals surface area contributed by atoms with Gasteiger partial charge in [-0.15, -0.1) is 11.3 Å². The van der Waals surface area contributed by atoms with Crippen molar-refractivity contribution in [2.45, 2.75) is 31.3 Å². The van der Waals surface area contributed by atoms with Gasteiger partial charge in [-0.05, 0) is 74.5 Å². The summed E-state index contributed by atoms with van der Waals surface area (Å²) in [7, 11) is 4.12. The van der Waals surface area contributed by atoms with Gasteiger partial charge >= 0.3 is 0 Å². The summed E-state index contributed by atoms with van der Waals surface area (Å²) in [4.78, 5) is 35.1. The number of thiophene rings is 1. The molecule has 1 N–H and O–H groups in total. The Balaban J connectivity index is 1.25. The molecule has 2 aromatic carbocycles. The second-order valence-corrected chi connectivity index (χ2v) is 10.9. The summed E-state index contributed by atoms with van der Waals surface area (Å²) in [5.41, 5.74) is 1.43. The molecule has 2 aromatic heterocycles. The van der Waals surface area contributed by atoms with E-state index in [1.165, 1.54) is 11.3 Å². The Hall–Kier alpha value is -3.49. The summed E-state index contributed by atoms with van der Waals surface area (Å²) in [5.74, 6) is 1.36. The van der Waals surface area contributed by atoms with Gasteiger partial charge in [0.25, 0.3) is 11.8 Å². The van der Waals surface area contributed by atoms with Crippen LogP contribution < -0.4 is 10.1 Å². The van der Waals surface area contributed by atoms with Gasteiger partial charge in [0.05, 0.1) is 15.1 Å². The van der Waals surface area contributed by atoms with Gasteiger partial charge in [0, 0.05) is 43.0 Å². The molecule has 1 atom stereocenters. The molecule has 0 spiro atoms. The van der Waals surface area contributed by atoms with Crippen LogP contribution in [0.15, 0.2) is 54.7 Å². The molecule has 1 aliphatic heterocycles. The molecular weight excluding hydrogens is 472 g/mol. The first kappa shape index (κ1) is 22.9. The van der Waals surface area contributed by atoms with E-state index in [1.54, 1.807) is 6.20 Å². The minimum Gasteiger partial charge on any atom is -0.456 e. The van der Waals surface area contributed by atoms with Crippen molar-refractivity contribution in [1.82, 2.24) is 20.1 Å². The molecule has 2 fully saturated rings. The van der Waals surface area contributed by atoms with Crippen molar-refractivity contribution in [3.8, 4) is 11.5 Å². The van der Waals surface area contributed by atoms with Crippen LogP contribution in [0, 0.1) is 0 Å². The minimum absolute atomic E-state index is 0.0294. The maximum atomic E-state index is 13.2. The van der Waals surface area contributed by atoms with Gasteiger partial charge in [-0.1, -0.05) is 12.1 Å². The molecule has 2 amide bonds.